The Hall–Kier alpha value is -0.640. The Balaban J connectivity index is 2.10. The molecule has 1 unspecified atom stereocenters. The molecule has 0 N–H and O–H groups in total. The van der Waals surface area contributed by atoms with E-state index in [0.717, 1.165) is 32.6 Å². The molecule has 0 aromatic heterocycles. The van der Waals surface area contributed by atoms with E-state index in [4.69, 9.17) is 4.74 Å². The van der Waals surface area contributed by atoms with Crippen LogP contribution >= 0.6 is 0 Å². The van der Waals surface area contributed by atoms with Crippen molar-refractivity contribution in [2.24, 2.45) is 0 Å². The first-order valence-corrected chi connectivity index (χ1v) is 6.00. The van der Waals surface area contributed by atoms with Crippen LogP contribution in [0.15, 0.2) is 23.8 Å². The molecule has 0 saturated carbocycles. The third kappa shape index (κ3) is 2.21. The SMILES string of the molecule is COC1(N2CCN(C)CC2)C=CC=C(C)C1. The van der Waals surface area contributed by atoms with Crippen LogP contribution in [0.25, 0.3) is 0 Å². The molecule has 16 heavy (non-hydrogen) atoms. The van der Waals surface area contributed by atoms with Crippen molar-refractivity contribution < 1.29 is 4.74 Å². The summed E-state index contributed by atoms with van der Waals surface area (Å²) >= 11 is 0. The van der Waals surface area contributed by atoms with E-state index in [-0.39, 0.29) is 5.72 Å². The van der Waals surface area contributed by atoms with E-state index in [1.54, 1.807) is 0 Å². The van der Waals surface area contributed by atoms with Crippen LogP contribution in [0.2, 0.25) is 0 Å². The van der Waals surface area contributed by atoms with Crippen LogP contribution in [0.5, 0.6) is 0 Å². The number of allylic oxidation sites excluding steroid dienone is 2. The summed E-state index contributed by atoms with van der Waals surface area (Å²) in [5.74, 6) is 0. The predicted octanol–water partition coefficient (Wildman–Crippen LogP) is 1.48. The van der Waals surface area contributed by atoms with Gasteiger partial charge < -0.3 is 9.64 Å². The third-order valence-corrected chi connectivity index (χ3v) is 3.66. The van der Waals surface area contributed by atoms with E-state index in [9.17, 15) is 0 Å². The molecule has 3 nitrogen and oxygen atoms in total. The lowest BCUT2D eigenvalue weighted by atomic mass is 9.95. The maximum atomic E-state index is 5.80. The Bertz CT molecular complexity index is 303. The van der Waals surface area contributed by atoms with Crippen molar-refractivity contribution in [3.8, 4) is 0 Å². The lowest BCUT2D eigenvalue weighted by Crippen LogP contribution is -2.57. The van der Waals surface area contributed by atoms with Crippen LogP contribution in [-0.2, 0) is 4.74 Å². The van der Waals surface area contributed by atoms with Crippen molar-refractivity contribution in [3.05, 3.63) is 23.8 Å². The van der Waals surface area contributed by atoms with Gasteiger partial charge >= 0.3 is 0 Å². The molecule has 3 heteroatoms. The molecule has 0 spiro atoms. The molecule has 0 radical (unpaired) electrons. The minimum absolute atomic E-state index is 0.194. The van der Waals surface area contributed by atoms with Crippen LogP contribution in [-0.4, -0.2) is 55.9 Å². The maximum Gasteiger partial charge on any atom is 0.144 e. The smallest absolute Gasteiger partial charge is 0.144 e. The van der Waals surface area contributed by atoms with Gasteiger partial charge in [0.15, 0.2) is 0 Å². The van der Waals surface area contributed by atoms with E-state index in [1.165, 1.54) is 5.57 Å². The van der Waals surface area contributed by atoms with Gasteiger partial charge in [-0.25, -0.2) is 0 Å². The van der Waals surface area contributed by atoms with Crippen LogP contribution in [0, 0.1) is 0 Å². The molecule has 1 atom stereocenters. The molecule has 2 rings (SSSR count). The molecule has 0 amide bonds. The normalized spacial score (nSPS) is 32.8. The summed E-state index contributed by atoms with van der Waals surface area (Å²) in [7, 11) is 4.00. The summed E-state index contributed by atoms with van der Waals surface area (Å²) in [5.41, 5.74) is 1.20. The lowest BCUT2D eigenvalue weighted by molar-refractivity contribution is -0.112. The summed E-state index contributed by atoms with van der Waals surface area (Å²) in [6.45, 7) is 6.60. The van der Waals surface area contributed by atoms with Crippen molar-refractivity contribution in [1.29, 1.82) is 0 Å². The minimum atomic E-state index is -0.194. The van der Waals surface area contributed by atoms with E-state index in [1.807, 2.05) is 7.11 Å². The first kappa shape index (κ1) is 11.8. The van der Waals surface area contributed by atoms with Gasteiger partial charge in [-0.2, -0.15) is 0 Å². The molecule has 1 heterocycles. The third-order valence-electron chi connectivity index (χ3n) is 3.66. The second-order valence-electron chi connectivity index (χ2n) is 4.89. The minimum Gasteiger partial charge on any atom is -0.360 e. The van der Waals surface area contributed by atoms with Gasteiger partial charge in [-0.05, 0) is 20.0 Å². The van der Waals surface area contributed by atoms with Gasteiger partial charge in [0.1, 0.15) is 5.72 Å². The summed E-state index contributed by atoms with van der Waals surface area (Å²) in [6, 6.07) is 0. The number of hydrogen-bond donors (Lipinski definition) is 0. The lowest BCUT2D eigenvalue weighted by Gasteiger charge is -2.45. The molecule has 0 aromatic carbocycles. The number of piperazine rings is 1. The zero-order chi connectivity index (χ0) is 11.6. The Morgan fingerprint density at radius 2 is 1.94 bits per heavy atom. The first-order chi connectivity index (χ1) is 7.66. The Labute approximate surface area is 98.4 Å². The monoisotopic (exact) mass is 222 g/mol. The number of hydrogen-bond acceptors (Lipinski definition) is 3. The summed E-state index contributed by atoms with van der Waals surface area (Å²) in [5, 5.41) is 0. The number of likely N-dealkylation sites (N-methyl/N-ethyl adjacent to an activating group) is 1. The highest BCUT2D eigenvalue weighted by Gasteiger charge is 2.36. The van der Waals surface area contributed by atoms with Crippen molar-refractivity contribution >= 4 is 0 Å². The highest BCUT2D eigenvalue weighted by atomic mass is 16.5. The van der Waals surface area contributed by atoms with E-state index >= 15 is 0 Å². The quantitative estimate of drug-likeness (QED) is 0.704. The molecular formula is C13H22N2O. The average Bonchev–Trinajstić information content (AvgIpc) is 2.29. The van der Waals surface area contributed by atoms with E-state index in [2.05, 4.69) is 42.0 Å². The Morgan fingerprint density at radius 3 is 2.50 bits per heavy atom. The van der Waals surface area contributed by atoms with Crippen LogP contribution < -0.4 is 0 Å². The van der Waals surface area contributed by atoms with Crippen molar-refractivity contribution in [2.75, 3.05) is 40.3 Å². The molecule has 1 saturated heterocycles. The number of ether oxygens (including phenoxy) is 1. The Kier molecular flexibility index (Phi) is 3.47. The van der Waals surface area contributed by atoms with Crippen molar-refractivity contribution in [1.82, 2.24) is 9.80 Å². The topological polar surface area (TPSA) is 15.7 Å². The van der Waals surface area contributed by atoms with Gasteiger partial charge in [0.05, 0.1) is 0 Å². The summed E-state index contributed by atoms with van der Waals surface area (Å²) < 4.78 is 5.80. The molecule has 1 aliphatic heterocycles. The maximum absolute atomic E-state index is 5.80. The van der Waals surface area contributed by atoms with Crippen LogP contribution in [0.3, 0.4) is 0 Å². The van der Waals surface area contributed by atoms with E-state index < -0.39 is 0 Å². The highest BCUT2D eigenvalue weighted by Crippen LogP contribution is 2.30. The predicted molar refractivity (Wildman–Crippen MR) is 66.3 cm³/mol. The molecular weight excluding hydrogens is 200 g/mol. The fourth-order valence-electron chi connectivity index (χ4n) is 2.55. The van der Waals surface area contributed by atoms with Gasteiger partial charge in [0.2, 0.25) is 0 Å². The van der Waals surface area contributed by atoms with Gasteiger partial charge in [-0.1, -0.05) is 17.7 Å². The molecule has 2 aliphatic rings. The number of rotatable bonds is 2. The van der Waals surface area contributed by atoms with Crippen LogP contribution in [0.1, 0.15) is 13.3 Å². The summed E-state index contributed by atoms with van der Waals surface area (Å²) in [6.07, 6.45) is 7.49. The van der Waals surface area contributed by atoms with Gasteiger partial charge in [-0.3, -0.25) is 4.90 Å². The molecule has 90 valence electrons. The van der Waals surface area contributed by atoms with Gasteiger partial charge in [0, 0.05) is 39.7 Å². The molecule has 0 aromatic rings. The van der Waals surface area contributed by atoms with Gasteiger partial charge in [0.25, 0.3) is 0 Å². The van der Waals surface area contributed by atoms with Crippen molar-refractivity contribution in [3.63, 3.8) is 0 Å². The molecule has 1 aliphatic carbocycles. The number of nitrogens with zero attached hydrogens (tertiary/aromatic N) is 2. The van der Waals surface area contributed by atoms with Crippen LogP contribution in [0.4, 0.5) is 0 Å². The second kappa shape index (κ2) is 4.70. The molecule has 0 bridgehead atoms. The fourth-order valence-corrected chi connectivity index (χ4v) is 2.55. The Morgan fingerprint density at radius 1 is 1.25 bits per heavy atom. The summed E-state index contributed by atoms with van der Waals surface area (Å²) in [4.78, 5) is 4.83. The largest absolute Gasteiger partial charge is 0.360 e. The average molecular weight is 222 g/mol. The van der Waals surface area contributed by atoms with E-state index in [0.29, 0.717) is 0 Å². The standard InChI is InChI=1S/C13H22N2O/c1-12-5-4-6-13(11-12,16-3)15-9-7-14(2)8-10-15/h4-6H,7-11H2,1-3H3. The second-order valence-corrected chi connectivity index (χ2v) is 4.89. The fraction of sp³-hybridized carbons (Fsp3) is 0.692. The number of methoxy groups -OCH3 is 1. The van der Waals surface area contributed by atoms with Gasteiger partial charge in [-0.15, -0.1) is 0 Å². The zero-order valence-electron chi connectivity index (χ0n) is 10.6. The first-order valence-electron chi connectivity index (χ1n) is 6.00. The highest BCUT2D eigenvalue weighted by molar-refractivity contribution is 5.24. The zero-order valence-corrected chi connectivity index (χ0v) is 10.6. The van der Waals surface area contributed by atoms with Crippen molar-refractivity contribution in [2.45, 2.75) is 19.1 Å². The molecule has 1 fully saturated rings.